The molecule has 0 bridgehead atoms. The van der Waals surface area contributed by atoms with Gasteiger partial charge in [0.05, 0.1) is 0 Å². The van der Waals surface area contributed by atoms with E-state index in [2.05, 4.69) is 4.84 Å². The largest absolute Gasteiger partial charge is 0.302 e. The molecule has 0 saturated heterocycles. The monoisotopic (exact) mass is 153 g/mol. The number of carbonyl (C=O) groups is 1. The van der Waals surface area contributed by atoms with Gasteiger partial charge in [-0.3, -0.25) is 4.79 Å². The quantitative estimate of drug-likeness (QED) is 0.333. The van der Waals surface area contributed by atoms with Crippen molar-refractivity contribution in [3.05, 3.63) is 10.1 Å². The zero-order valence-electron chi connectivity index (χ0n) is 4.54. The summed E-state index contributed by atoms with van der Waals surface area (Å²) in [6.07, 6.45) is -1.18. The number of nitrogens with zero attached hydrogens (tertiary/aromatic N) is 1. The maximum Gasteiger partial charge on any atom is 0.295 e. The molecule has 0 aliphatic carbocycles. The van der Waals surface area contributed by atoms with E-state index in [1.54, 1.807) is 0 Å². The first kappa shape index (κ1) is 8.16. The van der Waals surface area contributed by atoms with E-state index < -0.39 is 16.4 Å². The molecule has 0 N–H and O–H groups in total. The van der Waals surface area contributed by atoms with Gasteiger partial charge in [0.2, 0.25) is 5.24 Å². The Morgan fingerprint density at radius 2 is 2.33 bits per heavy atom. The van der Waals surface area contributed by atoms with Crippen LogP contribution in [0.5, 0.6) is 0 Å². The molecule has 52 valence electrons. The Balaban J connectivity index is 3.63. The van der Waals surface area contributed by atoms with E-state index in [1.807, 2.05) is 0 Å². The van der Waals surface area contributed by atoms with Crippen LogP contribution in [0.15, 0.2) is 0 Å². The van der Waals surface area contributed by atoms with Gasteiger partial charge in [-0.15, -0.1) is 10.1 Å². The summed E-state index contributed by atoms with van der Waals surface area (Å²) >= 11 is 4.80. The van der Waals surface area contributed by atoms with Crippen molar-refractivity contribution >= 4 is 16.8 Å². The molecular weight excluding hydrogens is 149 g/mol. The van der Waals surface area contributed by atoms with Crippen LogP contribution in [0.4, 0.5) is 0 Å². The zero-order valence-corrected chi connectivity index (χ0v) is 5.29. The molecule has 0 aromatic carbocycles. The molecule has 0 aromatic rings. The molecule has 0 rings (SSSR count). The lowest BCUT2D eigenvalue weighted by Crippen LogP contribution is -2.19. The van der Waals surface area contributed by atoms with Crippen LogP contribution < -0.4 is 0 Å². The highest BCUT2D eigenvalue weighted by Gasteiger charge is 2.12. The minimum Gasteiger partial charge on any atom is -0.302 e. The van der Waals surface area contributed by atoms with Crippen LogP contribution in [0, 0.1) is 10.1 Å². The predicted octanol–water partition coefficient (Wildman–Crippen LogP) is 0.349. The Labute approximate surface area is 55.7 Å². The van der Waals surface area contributed by atoms with Crippen molar-refractivity contribution in [1.82, 2.24) is 0 Å². The van der Waals surface area contributed by atoms with Gasteiger partial charge >= 0.3 is 0 Å². The maximum absolute atomic E-state index is 10.0. The number of carbonyl (C=O) groups excluding carboxylic acids is 1. The molecule has 0 aromatic heterocycles. The highest BCUT2D eigenvalue weighted by molar-refractivity contribution is 6.64. The van der Waals surface area contributed by atoms with Gasteiger partial charge in [-0.05, 0) is 18.5 Å². The Morgan fingerprint density at radius 3 is 2.44 bits per heavy atom. The highest BCUT2D eigenvalue weighted by atomic mass is 35.5. The van der Waals surface area contributed by atoms with Crippen LogP contribution in [-0.4, -0.2) is 16.4 Å². The standard InChI is InChI=1S/C3H4ClNO4/c1-2(3(4)6)9-5(7)8/h2H,1H3. The lowest BCUT2D eigenvalue weighted by Gasteiger charge is -2.00. The van der Waals surface area contributed by atoms with Crippen LogP contribution >= 0.6 is 11.6 Å². The van der Waals surface area contributed by atoms with Gasteiger partial charge in [-0.2, -0.15) is 0 Å². The SMILES string of the molecule is CC(O[N+](=O)[O-])C(=O)Cl. The van der Waals surface area contributed by atoms with Crippen molar-refractivity contribution in [2.45, 2.75) is 13.0 Å². The molecule has 0 spiro atoms. The average Bonchev–Trinajstić information content (AvgIpc) is 1.63. The number of hydrogen-bond donors (Lipinski definition) is 0. The smallest absolute Gasteiger partial charge is 0.295 e. The summed E-state index contributed by atoms with van der Waals surface area (Å²) in [5.74, 6) is 0. The number of rotatable bonds is 3. The molecule has 1 unspecified atom stereocenters. The Morgan fingerprint density at radius 1 is 1.89 bits per heavy atom. The van der Waals surface area contributed by atoms with Crippen molar-refractivity contribution < 1.29 is 14.7 Å². The van der Waals surface area contributed by atoms with E-state index in [4.69, 9.17) is 11.6 Å². The molecule has 0 radical (unpaired) electrons. The van der Waals surface area contributed by atoms with Gasteiger partial charge in [0, 0.05) is 0 Å². The van der Waals surface area contributed by atoms with Crippen molar-refractivity contribution in [2.24, 2.45) is 0 Å². The lowest BCUT2D eigenvalue weighted by molar-refractivity contribution is -0.763. The van der Waals surface area contributed by atoms with E-state index in [1.165, 1.54) is 6.92 Å². The molecule has 0 fully saturated rings. The molecule has 9 heavy (non-hydrogen) atoms. The first-order valence-electron chi connectivity index (χ1n) is 2.04. The fraction of sp³-hybridized carbons (Fsp3) is 0.667. The van der Waals surface area contributed by atoms with Crippen LogP contribution in [0.2, 0.25) is 0 Å². The summed E-state index contributed by atoms with van der Waals surface area (Å²) in [6.45, 7) is 1.19. The lowest BCUT2D eigenvalue weighted by atomic mass is 10.5. The van der Waals surface area contributed by atoms with Crippen LogP contribution in [0.25, 0.3) is 0 Å². The third kappa shape index (κ3) is 3.72. The van der Waals surface area contributed by atoms with E-state index in [0.29, 0.717) is 0 Å². The van der Waals surface area contributed by atoms with Gasteiger partial charge in [-0.25, -0.2) is 0 Å². The third-order valence-corrected chi connectivity index (χ3v) is 0.871. The van der Waals surface area contributed by atoms with Crippen LogP contribution in [-0.2, 0) is 9.63 Å². The summed E-state index contributed by atoms with van der Waals surface area (Å²) in [5.41, 5.74) is 0. The Bertz CT molecular complexity index is 136. The highest BCUT2D eigenvalue weighted by Crippen LogP contribution is 1.95. The first-order chi connectivity index (χ1) is 4.04. The zero-order chi connectivity index (χ0) is 7.44. The van der Waals surface area contributed by atoms with Crippen molar-refractivity contribution in [3.63, 3.8) is 0 Å². The first-order valence-corrected chi connectivity index (χ1v) is 2.42. The van der Waals surface area contributed by atoms with Gasteiger partial charge in [0.15, 0.2) is 6.10 Å². The fourth-order valence-corrected chi connectivity index (χ4v) is 0.210. The molecule has 1 atom stereocenters. The minimum absolute atomic E-state index is 0.883. The Kier molecular flexibility index (Phi) is 2.94. The van der Waals surface area contributed by atoms with Gasteiger partial charge in [0.25, 0.3) is 5.09 Å². The summed E-state index contributed by atoms with van der Waals surface area (Å²) in [6, 6.07) is 0. The normalized spacial score (nSPS) is 12.2. The van der Waals surface area contributed by atoms with E-state index >= 15 is 0 Å². The molecule has 0 amide bonds. The van der Waals surface area contributed by atoms with Crippen molar-refractivity contribution in [3.8, 4) is 0 Å². The second-order valence-electron chi connectivity index (χ2n) is 1.28. The topological polar surface area (TPSA) is 69.4 Å². The summed E-state index contributed by atoms with van der Waals surface area (Å²) in [7, 11) is 0. The fourth-order valence-electron chi connectivity index (χ4n) is 0.171. The second kappa shape index (κ2) is 3.24. The Hall–Kier alpha value is -0.840. The van der Waals surface area contributed by atoms with Crippen LogP contribution in [0.1, 0.15) is 6.92 Å². The summed E-state index contributed by atoms with van der Waals surface area (Å²) in [5, 5.41) is 7.54. The van der Waals surface area contributed by atoms with Crippen molar-refractivity contribution in [2.75, 3.05) is 0 Å². The number of halogens is 1. The van der Waals surface area contributed by atoms with Gasteiger partial charge in [0.1, 0.15) is 0 Å². The predicted molar refractivity (Wildman–Crippen MR) is 28.4 cm³/mol. The van der Waals surface area contributed by atoms with Crippen molar-refractivity contribution in [1.29, 1.82) is 0 Å². The number of hydrogen-bond acceptors (Lipinski definition) is 4. The van der Waals surface area contributed by atoms with E-state index in [-0.39, 0.29) is 0 Å². The van der Waals surface area contributed by atoms with E-state index in [9.17, 15) is 14.9 Å². The van der Waals surface area contributed by atoms with Gasteiger partial charge < -0.3 is 4.84 Å². The van der Waals surface area contributed by atoms with E-state index in [0.717, 1.165) is 0 Å². The van der Waals surface area contributed by atoms with Gasteiger partial charge in [-0.1, -0.05) is 0 Å². The molecule has 5 nitrogen and oxygen atoms in total. The maximum atomic E-state index is 10.0. The van der Waals surface area contributed by atoms with Crippen LogP contribution in [0.3, 0.4) is 0 Å². The molecule has 0 aliphatic heterocycles. The molecule has 0 saturated carbocycles. The molecule has 6 heteroatoms. The minimum atomic E-state index is -1.18. The molecule has 0 aliphatic rings. The summed E-state index contributed by atoms with van der Waals surface area (Å²) in [4.78, 5) is 23.3. The molecular formula is C3H4ClNO4. The average molecular weight is 154 g/mol. The molecule has 0 heterocycles. The second-order valence-corrected chi connectivity index (χ2v) is 1.65. The third-order valence-electron chi connectivity index (χ3n) is 0.564. The summed E-state index contributed by atoms with van der Waals surface area (Å²) < 4.78 is 0.